The molecule has 0 radical (unpaired) electrons. The van der Waals surface area contributed by atoms with E-state index in [4.69, 9.17) is 15.4 Å². The molecule has 1 aromatic rings. The molecule has 0 unspecified atom stereocenters. The van der Waals surface area contributed by atoms with E-state index < -0.39 is 9.05 Å². The van der Waals surface area contributed by atoms with E-state index in [0.717, 1.165) is 0 Å². The lowest BCUT2D eigenvalue weighted by Gasteiger charge is -2.21. The number of hydrogen-bond donors (Lipinski definition) is 0. The molecule has 5 nitrogen and oxygen atoms in total. The first-order chi connectivity index (χ1) is 9.31. The summed E-state index contributed by atoms with van der Waals surface area (Å²) in [5, 5.41) is 0. The average molecular weight is 320 g/mol. The van der Waals surface area contributed by atoms with E-state index in [1.165, 1.54) is 12.1 Å². The highest BCUT2D eigenvalue weighted by Crippen LogP contribution is 2.20. The SMILES string of the molecule is CCN(CCOC)C(=O)c1cc(S(=O)(=O)Cl)ccc1C. The summed E-state index contributed by atoms with van der Waals surface area (Å²) < 4.78 is 27.7. The van der Waals surface area contributed by atoms with Gasteiger partial charge < -0.3 is 9.64 Å². The summed E-state index contributed by atoms with van der Waals surface area (Å²) in [6, 6.07) is 4.28. The smallest absolute Gasteiger partial charge is 0.261 e. The normalized spacial score (nSPS) is 11.4. The zero-order valence-corrected chi connectivity index (χ0v) is 13.3. The summed E-state index contributed by atoms with van der Waals surface area (Å²) in [6.07, 6.45) is 0. The number of aryl methyl sites for hydroxylation is 1. The number of hydrogen-bond acceptors (Lipinski definition) is 4. The topological polar surface area (TPSA) is 63.7 Å². The summed E-state index contributed by atoms with van der Waals surface area (Å²) in [6.45, 7) is 4.99. The second-order valence-electron chi connectivity index (χ2n) is 4.29. The first-order valence-corrected chi connectivity index (χ1v) is 8.45. The number of rotatable bonds is 6. The van der Waals surface area contributed by atoms with Gasteiger partial charge in [0.2, 0.25) is 0 Å². The minimum absolute atomic E-state index is 0.0732. The molecule has 1 amide bonds. The van der Waals surface area contributed by atoms with E-state index in [1.54, 1.807) is 25.0 Å². The lowest BCUT2D eigenvalue weighted by molar-refractivity contribution is 0.0705. The molecule has 0 spiro atoms. The molecule has 0 N–H and O–H groups in total. The predicted octanol–water partition coefficient (Wildman–Crippen LogP) is 2.03. The van der Waals surface area contributed by atoms with Crippen LogP contribution in [0, 0.1) is 6.92 Å². The highest BCUT2D eigenvalue weighted by Gasteiger charge is 2.19. The van der Waals surface area contributed by atoms with Crippen LogP contribution in [0.4, 0.5) is 0 Å². The molecule has 0 saturated heterocycles. The third kappa shape index (κ3) is 4.19. The number of benzene rings is 1. The van der Waals surface area contributed by atoms with Crippen LogP contribution in [0.15, 0.2) is 23.1 Å². The molecule has 1 aromatic carbocycles. The van der Waals surface area contributed by atoms with Crippen molar-refractivity contribution in [1.82, 2.24) is 4.90 Å². The van der Waals surface area contributed by atoms with Gasteiger partial charge in [-0.15, -0.1) is 0 Å². The molecule has 0 bridgehead atoms. The van der Waals surface area contributed by atoms with Crippen LogP contribution in [-0.2, 0) is 13.8 Å². The second-order valence-corrected chi connectivity index (χ2v) is 6.86. The number of carbonyl (C=O) groups excluding carboxylic acids is 1. The Kier molecular flexibility index (Phi) is 5.98. The summed E-state index contributed by atoms with van der Waals surface area (Å²) in [5.41, 5.74) is 1.04. The van der Waals surface area contributed by atoms with Crippen LogP contribution in [0.25, 0.3) is 0 Å². The number of carbonyl (C=O) groups is 1. The maximum atomic E-state index is 12.4. The van der Waals surface area contributed by atoms with Crippen LogP contribution in [0.3, 0.4) is 0 Å². The monoisotopic (exact) mass is 319 g/mol. The lowest BCUT2D eigenvalue weighted by Crippen LogP contribution is -2.34. The molecular formula is C13H18ClNO4S. The standard InChI is InChI=1S/C13H18ClNO4S/c1-4-15(7-8-19-3)13(16)12-9-11(20(14,17)18)6-5-10(12)2/h5-6,9H,4,7-8H2,1-3H3. The number of nitrogens with zero attached hydrogens (tertiary/aromatic N) is 1. The van der Waals surface area contributed by atoms with E-state index in [1.807, 2.05) is 6.92 Å². The number of amides is 1. The maximum Gasteiger partial charge on any atom is 0.261 e. The van der Waals surface area contributed by atoms with Gasteiger partial charge in [-0.2, -0.15) is 0 Å². The molecule has 0 aliphatic carbocycles. The Bertz CT molecular complexity index is 586. The quantitative estimate of drug-likeness (QED) is 0.753. The maximum absolute atomic E-state index is 12.4. The van der Waals surface area contributed by atoms with Gasteiger partial charge in [0, 0.05) is 36.4 Å². The zero-order chi connectivity index (χ0) is 15.3. The second kappa shape index (κ2) is 7.06. The molecule has 7 heteroatoms. The van der Waals surface area contributed by atoms with Crippen molar-refractivity contribution in [2.24, 2.45) is 0 Å². The summed E-state index contributed by atoms with van der Waals surface area (Å²) >= 11 is 0. The van der Waals surface area contributed by atoms with Crippen molar-refractivity contribution in [2.75, 3.05) is 26.8 Å². The highest BCUT2D eigenvalue weighted by molar-refractivity contribution is 8.13. The molecule has 112 valence electrons. The van der Waals surface area contributed by atoms with Crippen molar-refractivity contribution >= 4 is 25.6 Å². The number of likely N-dealkylation sites (N-methyl/N-ethyl adjacent to an activating group) is 1. The van der Waals surface area contributed by atoms with E-state index >= 15 is 0 Å². The van der Waals surface area contributed by atoms with Gasteiger partial charge in [0.15, 0.2) is 0 Å². The van der Waals surface area contributed by atoms with E-state index in [9.17, 15) is 13.2 Å². The lowest BCUT2D eigenvalue weighted by atomic mass is 10.1. The van der Waals surface area contributed by atoms with E-state index in [0.29, 0.717) is 30.8 Å². The van der Waals surface area contributed by atoms with Gasteiger partial charge >= 0.3 is 0 Å². The van der Waals surface area contributed by atoms with Crippen LogP contribution in [0.2, 0.25) is 0 Å². The van der Waals surface area contributed by atoms with Crippen molar-refractivity contribution in [2.45, 2.75) is 18.7 Å². The largest absolute Gasteiger partial charge is 0.383 e. The van der Waals surface area contributed by atoms with Crippen molar-refractivity contribution in [1.29, 1.82) is 0 Å². The van der Waals surface area contributed by atoms with Crippen LogP contribution >= 0.6 is 10.7 Å². The van der Waals surface area contributed by atoms with Gasteiger partial charge in [0.05, 0.1) is 11.5 Å². The first-order valence-electron chi connectivity index (χ1n) is 6.14. The Labute approximate surface area is 123 Å². The summed E-state index contributed by atoms with van der Waals surface area (Å²) in [7, 11) is 3.02. The van der Waals surface area contributed by atoms with Crippen molar-refractivity contribution in [3.8, 4) is 0 Å². The molecule has 0 saturated carbocycles. The number of halogens is 1. The summed E-state index contributed by atoms with van der Waals surface area (Å²) in [5.74, 6) is -0.232. The Morgan fingerprint density at radius 2 is 2.05 bits per heavy atom. The van der Waals surface area contributed by atoms with Gasteiger partial charge in [-0.1, -0.05) is 6.07 Å². The van der Waals surface area contributed by atoms with Gasteiger partial charge in [-0.3, -0.25) is 4.79 Å². The van der Waals surface area contributed by atoms with Crippen LogP contribution < -0.4 is 0 Å². The molecule has 1 rings (SSSR count). The molecule has 0 fully saturated rings. The third-order valence-electron chi connectivity index (χ3n) is 2.96. The fraction of sp³-hybridized carbons (Fsp3) is 0.462. The van der Waals surface area contributed by atoms with Gasteiger partial charge in [-0.05, 0) is 31.5 Å². The Hall–Kier alpha value is -1.11. The third-order valence-corrected chi connectivity index (χ3v) is 4.31. The zero-order valence-electron chi connectivity index (χ0n) is 11.7. The molecule has 0 atom stereocenters. The van der Waals surface area contributed by atoms with Crippen LogP contribution in [-0.4, -0.2) is 46.0 Å². The highest BCUT2D eigenvalue weighted by atomic mass is 35.7. The van der Waals surface area contributed by atoms with Crippen molar-refractivity contribution < 1.29 is 17.9 Å². The first kappa shape index (κ1) is 16.9. The Morgan fingerprint density at radius 1 is 1.40 bits per heavy atom. The van der Waals surface area contributed by atoms with Gasteiger partial charge in [-0.25, -0.2) is 8.42 Å². The Morgan fingerprint density at radius 3 is 2.55 bits per heavy atom. The average Bonchev–Trinajstić information content (AvgIpc) is 2.38. The molecule has 0 aromatic heterocycles. The fourth-order valence-corrected chi connectivity index (χ4v) is 2.54. The predicted molar refractivity (Wildman–Crippen MR) is 77.7 cm³/mol. The summed E-state index contributed by atoms with van der Waals surface area (Å²) in [4.78, 5) is 13.9. The van der Waals surface area contributed by atoms with Crippen molar-refractivity contribution in [3.63, 3.8) is 0 Å². The van der Waals surface area contributed by atoms with E-state index in [-0.39, 0.29) is 10.8 Å². The molecule has 0 heterocycles. The van der Waals surface area contributed by atoms with Gasteiger partial charge in [0.1, 0.15) is 0 Å². The van der Waals surface area contributed by atoms with Gasteiger partial charge in [0.25, 0.3) is 15.0 Å². The molecule has 20 heavy (non-hydrogen) atoms. The molecule has 0 aliphatic rings. The minimum atomic E-state index is -3.85. The Balaban J connectivity index is 3.14. The number of ether oxygens (including phenoxy) is 1. The minimum Gasteiger partial charge on any atom is -0.383 e. The van der Waals surface area contributed by atoms with Crippen molar-refractivity contribution in [3.05, 3.63) is 29.3 Å². The van der Waals surface area contributed by atoms with Crippen LogP contribution in [0.1, 0.15) is 22.8 Å². The fourth-order valence-electron chi connectivity index (χ4n) is 1.76. The van der Waals surface area contributed by atoms with Crippen LogP contribution in [0.5, 0.6) is 0 Å². The molecular weight excluding hydrogens is 302 g/mol. The number of methoxy groups -OCH3 is 1. The molecule has 0 aliphatic heterocycles. The van der Waals surface area contributed by atoms with E-state index in [2.05, 4.69) is 0 Å².